The highest BCUT2D eigenvalue weighted by Crippen LogP contribution is 2.65. The molecule has 0 bridgehead atoms. The maximum Gasteiger partial charge on any atom is 0.291 e. The molecule has 0 aromatic carbocycles. The van der Waals surface area contributed by atoms with E-state index in [1.54, 1.807) is 0 Å². The minimum atomic E-state index is -2.40. The molecule has 0 spiro atoms. The standard InChI is InChI=1S/C26H39ClFN5O5/c1-6-13(2)17(30-24(38)26(5)8-9-26)22(36)32-12-15-16(25(15,3)4)18(32)21(35)31-33(23(37)19(27)28)11-14-7-10-29-20(14)34/h13-19H,6-12H2,1-5H3,(H,29,34)(H,30,38)(H,31,35)/t13-,14-,15-,16-,17-,18-,19-/m0/s1. The minimum absolute atomic E-state index is 0.0724. The topological polar surface area (TPSA) is 128 Å². The predicted molar refractivity (Wildman–Crippen MR) is 137 cm³/mol. The van der Waals surface area contributed by atoms with Crippen molar-refractivity contribution in [1.82, 2.24) is 26.0 Å². The highest BCUT2D eigenvalue weighted by Gasteiger charge is 2.70. The monoisotopic (exact) mass is 555 g/mol. The molecule has 3 N–H and O–H groups in total. The number of likely N-dealkylation sites (tertiary alicyclic amines) is 1. The summed E-state index contributed by atoms with van der Waals surface area (Å²) in [4.78, 5) is 66.5. The second kappa shape index (κ2) is 10.3. The second-order valence-electron chi connectivity index (χ2n) is 12.3. The molecule has 0 radical (unpaired) electrons. The van der Waals surface area contributed by atoms with Gasteiger partial charge in [0.25, 0.3) is 17.4 Å². The van der Waals surface area contributed by atoms with E-state index in [1.807, 2.05) is 34.6 Å². The van der Waals surface area contributed by atoms with E-state index in [0.29, 0.717) is 25.9 Å². The van der Waals surface area contributed by atoms with Crippen LogP contribution >= 0.6 is 11.6 Å². The number of nitrogens with one attached hydrogen (secondary N) is 3. The van der Waals surface area contributed by atoms with E-state index >= 15 is 0 Å². The number of carbonyl (C=O) groups excluding carboxylic acids is 5. The molecule has 4 aliphatic rings. The molecule has 2 saturated heterocycles. The van der Waals surface area contributed by atoms with Crippen molar-refractivity contribution in [2.24, 2.45) is 34.5 Å². The van der Waals surface area contributed by atoms with Crippen LogP contribution in [0.15, 0.2) is 0 Å². The van der Waals surface area contributed by atoms with Gasteiger partial charge >= 0.3 is 0 Å². The first-order valence-corrected chi connectivity index (χ1v) is 14.0. The molecule has 2 aliphatic heterocycles. The zero-order valence-corrected chi connectivity index (χ0v) is 23.4. The number of alkyl halides is 2. The van der Waals surface area contributed by atoms with Crippen LogP contribution in [0.1, 0.15) is 60.3 Å². The van der Waals surface area contributed by atoms with E-state index < -0.39 is 40.9 Å². The summed E-state index contributed by atoms with van der Waals surface area (Å²) in [6.07, 6.45) is 2.62. The number of piperidine rings is 1. The van der Waals surface area contributed by atoms with Gasteiger partial charge in [0.15, 0.2) is 0 Å². The molecular weight excluding hydrogens is 517 g/mol. The lowest BCUT2D eigenvalue weighted by Crippen LogP contribution is -2.60. The zero-order chi connectivity index (χ0) is 28.2. The summed E-state index contributed by atoms with van der Waals surface area (Å²) in [5.41, 5.74) is -0.585. The van der Waals surface area contributed by atoms with Gasteiger partial charge in [0, 0.05) is 18.5 Å². The van der Waals surface area contributed by atoms with Crippen LogP contribution in [0.3, 0.4) is 0 Å². The summed E-state index contributed by atoms with van der Waals surface area (Å²) < 4.78 is 13.8. The van der Waals surface area contributed by atoms with Crippen LogP contribution in [0.25, 0.3) is 0 Å². The van der Waals surface area contributed by atoms with E-state index in [0.717, 1.165) is 17.9 Å². The molecule has 0 aromatic heterocycles. The highest BCUT2D eigenvalue weighted by molar-refractivity contribution is 6.29. The van der Waals surface area contributed by atoms with Crippen molar-refractivity contribution >= 4 is 41.1 Å². The Bertz CT molecular complexity index is 1020. The Labute approximate surface area is 227 Å². The maximum absolute atomic E-state index is 13.9. The molecular formula is C26H39ClFN5O5. The molecule has 4 fully saturated rings. The number of fused-ring (bicyclic) bond motifs is 1. The van der Waals surface area contributed by atoms with E-state index in [1.165, 1.54) is 4.90 Å². The first kappa shape index (κ1) is 28.6. The third kappa shape index (κ3) is 5.22. The van der Waals surface area contributed by atoms with Crippen molar-refractivity contribution in [3.63, 3.8) is 0 Å². The SMILES string of the molecule is CC[C@H](C)[C@H](NC(=O)C1(C)CC1)C(=O)N1C[C@H]2[C@@H]([C@H]1C(=O)NN(C[C@@H]1CCNC1=O)C(=O)[C@H](F)Cl)C2(C)C. The van der Waals surface area contributed by atoms with Gasteiger partial charge in [-0.05, 0) is 42.4 Å². The lowest BCUT2D eigenvalue weighted by molar-refractivity contribution is -0.150. The molecule has 0 unspecified atom stereocenters. The summed E-state index contributed by atoms with van der Waals surface area (Å²) in [5.74, 6) is -3.47. The lowest BCUT2D eigenvalue weighted by atomic mass is 9.94. The number of halogens is 2. The third-order valence-electron chi connectivity index (χ3n) is 9.34. The second-order valence-corrected chi connectivity index (χ2v) is 12.7. The number of hydrogen-bond donors (Lipinski definition) is 3. The Morgan fingerprint density at radius 1 is 1.24 bits per heavy atom. The van der Waals surface area contributed by atoms with Crippen LogP contribution in [0.4, 0.5) is 4.39 Å². The third-order valence-corrected chi connectivity index (χ3v) is 9.52. The van der Waals surface area contributed by atoms with E-state index in [2.05, 4.69) is 16.1 Å². The molecule has 4 rings (SSSR count). The summed E-state index contributed by atoms with van der Waals surface area (Å²) in [5, 5.41) is 6.37. The van der Waals surface area contributed by atoms with Crippen molar-refractivity contribution in [2.45, 2.75) is 78.0 Å². The Morgan fingerprint density at radius 3 is 2.42 bits per heavy atom. The fourth-order valence-corrected chi connectivity index (χ4v) is 6.07. The molecule has 38 heavy (non-hydrogen) atoms. The Balaban J connectivity index is 1.55. The molecule has 2 saturated carbocycles. The smallest absolute Gasteiger partial charge is 0.291 e. The minimum Gasteiger partial charge on any atom is -0.356 e. The highest BCUT2D eigenvalue weighted by atomic mass is 35.5. The largest absolute Gasteiger partial charge is 0.356 e. The average Bonchev–Trinajstić information content (AvgIpc) is 3.54. The number of carbonyl (C=O) groups is 5. The average molecular weight is 556 g/mol. The van der Waals surface area contributed by atoms with Crippen LogP contribution in [0.2, 0.25) is 0 Å². The van der Waals surface area contributed by atoms with E-state index in [4.69, 9.17) is 11.6 Å². The predicted octanol–water partition coefficient (Wildman–Crippen LogP) is 1.33. The molecule has 2 aliphatic carbocycles. The molecule has 12 heteroatoms. The lowest BCUT2D eigenvalue weighted by Gasteiger charge is -2.36. The fourth-order valence-electron chi connectivity index (χ4n) is 5.95. The van der Waals surface area contributed by atoms with Crippen molar-refractivity contribution in [1.29, 1.82) is 0 Å². The van der Waals surface area contributed by atoms with Crippen molar-refractivity contribution < 1.29 is 28.4 Å². The summed E-state index contributed by atoms with van der Waals surface area (Å²) >= 11 is 5.42. The number of nitrogens with zero attached hydrogens (tertiary/aromatic N) is 2. The van der Waals surface area contributed by atoms with Gasteiger partial charge in [-0.25, -0.2) is 9.40 Å². The van der Waals surface area contributed by atoms with Crippen LogP contribution in [-0.4, -0.2) is 76.8 Å². The number of rotatable bonds is 9. The Hall–Kier alpha value is -2.43. The van der Waals surface area contributed by atoms with Gasteiger partial charge in [0.2, 0.25) is 17.7 Å². The van der Waals surface area contributed by atoms with Crippen LogP contribution in [0.5, 0.6) is 0 Å². The molecule has 2 heterocycles. The van der Waals surface area contributed by atoms with Crippen LogP contribution in [0, 0.1) is 34.5 Å². The molecule has 212 valence electrons. The van der Waals surface area contributed by atoms with Crippen LogP contribution < -0.4 is 16.1 Å². The molecule has 7 atom stereocenters. The van der Waals surface area contributed by atoms with Crippen molar-refractivity contribution in [2.75, 3.05) is 19.6 Å². The quantitative estimate of drug-likeness (QED) is 0.292. The van der Waals surface area contributed by atoms with Gasteiger partial charge in [0.05, 0.1) is 12.5 Å². The molecule has 10 nitrogen and oxygen atoms in total. The first-order valence-electron chi connectivity index (χ1n) is 13.5. The van der Waals surface area contributed by atoms with Gasteiger partial charge < -0.3 is 15.5 Å². The normalized spacial score (nSPS) is 30.4. The number of amides is 5. The van der Waals surface area contributed by atoms with Gasteiger partial charge in [-0.2, -0.15) is 0 Å². The Morgan fingerprint density at radius 2 is 1.89 bits per heavy atom. The zero-order valence-electron chi connectivity index (χ0n) is 22.7. The summed E-state index contributed by atoms with van der Waals surface area (Å²) in [6, 6.07) is -1.71. The summed E-state index contributed by atoms with van der Waals surface area (Å²) in [7, 11) is 0. The van der Waals surface area contributed by atoms with Gasteiger partial charge in [0.1, 0.15) is 12.1 Å². The maximum atomic E-state index is 13.9. The number of hydrazine groups is 1. The van der Waals surface area contributed by atoms with E-state index in [9.17, 15) is 28.4 Å². The van der Waals surface area contributed by atoms with Crippen molar-refractivity contribution in [3.05, 3.63) is 0 Å². The Kier molecular flexibility index (Phi) is 7.73. The number of hydrogen-bond acceptors (Lipinski definition) is 5. The van der Waals surface area contributed by atoms with Crippen molar-refractivity contribution in [3.8, 4) is 0 Å². The van der Waals surface area contributed by atoms with Crippen LogP contribution in [-0.2, 0) is 24.0 Å². The first-order chi connectivity index (χ1) is 17.7. The van der Waals surface area contributed by atoms with Gasteiger partial charge in [-0.15, -0.1) is 0 Å². The van der Waals surface area contributed by atoms with Gasteiger partial charge in [-0.1, -0.05) is 52.6 Å². The fraction of sp³-hybridized carbons (Fsp3) is 0.808. The molecule has 5 amide bonds. The van der Waals surface area contributed by atoms with E-state index in [-0.39, 0.29) is 47.4 Å². The molecule has 0 aromatic rings. The summed E-state index contributed by atoms with van der Waals surface area (Å²) in [6.45, 7) is 10.3. The van der Waals surface area contributed by atoms with Gasteiger partial charge in [-0.3, -0.25) is 29.4 Å².